The van der Waals surface area contributed by atoms with Gasteiger partial charge in [0.1, 0.15) is 18.3 Å². The summed E-state index contributed by atoms with van der Waals surface area (Å²) in [7, 11) is 0. The van der Waals surface area contributed by atoms with E-state index in [1.165, 1.54) is 0 Å². The topological polar surface area (TPSA) is 87.4 Å². The molecule has 0 spiro atoms. The van der Waals surface area contributed by atoms with Gasteiger partial charge < -0.3 is 4.52 Å². The molecule has 0 saturated heterocycles. The van der Waals surface area contributed by atoms with E-state index in [1.807, 2.05) is 27.4 Å². The van der Waals surface area contributed by atoms with Crippen LogP contribution in [0.15, 0.2) is 35.4 Å². The lowest BCUT2D eigenvalue weighted by Crippen LogP contribution is -2.05. The lowest BCUT2D eigenvalue weighted by atomic mass is 10.1. The van der Waals surface area contributed by atoms with Gasteiger partial charge in [0.05, 0.1) is 17.9 Å². The summed E-state index contributed by atoms with van der Waals surface area (Å²) in [4.78, 5) is 13.5. The summed E-state index contributed by atoms with van der Waals surface area (Å²) in [6, 6.07) is 5.71. The molecular formula is C17H12ClN7O. The third-order valence-electron chi connectivity index (χ3n) is 4.82. The fraction of sp³-hybridized carbons (Fsp3) is 0.235. The van der Waals surface area contributed by atoms with Crippen molar-refractivity contribution in [3.05, 3.63) is 47.5 Å². The summed E-state index contributed by atoms with van der Waals surface area (Å²) < 4.78 is 9.26. The van der Waals surface area contributed by atoms with Crippen LogP contribution in [0.5, 0.6) is 0 Å². The molecule has 1 aliphatic carbocycles. The molecule has 0 amide bonds. The first-order valence-electron chi connectivity index (χ1n) is 8.36. The van der Waals surface area contributed by atoms with E-state index in [0.29, 0.717) is 34.9 Å². The van der Waals surface area contributed by atoms with Crippen LogP contribution in [0.3, 0.4) is 0 Å². The Morgan fingerprint density at radius 2 is 2.12 bits per heavy atom. The summed E-state index contributed by atoms with van der Waals surface area (Å²) in [6.07, 6.45) is 5.54. The van der Waals surface area contributed by atoms with Crippen LogP contribution in [-0.2, 0) is 6.54 Å². The van der Waals surface area contributed by atoms with E-state index in [9.17, 15) is 0 Å². The third-order valence-corrected chi connectivity index (χ3v) is 5.06. The summed E-state index contributed by atoms with van der Waals surface area (Å²) in [5, 5.41) is 9.15. The number of nitrogens with zero attached hydrogens (tertiary/aromatic N) is 7. The fourth-order valence-corrected chi connectivity index (χ4v) is 3.55. The molecule has 0 N–H and O–H groups in total. The third kappa shape index (κ3) is 1.99. The fourth-order valence-electron chi connectivity index (χ4n) is 3.37. The van der Waals surface area contributed by atoms with Gasteiger partial charge in [-0.05, 0) is 31.0 Å². The average Bonchev–Trinajstić information content (AvgIpc) is 3.06. The number of aromatic nitrogens is 7. The van der Waals surface area contributed by atoms with Crippen LogP contribution >= 0.6 is 11.6 Å². The van der Waals surface area contributed by atoms with Gasteiger partial charge in [-0.3, -0.25) is 4.57 Å². The molecule has 1 saturated carbocycles. The maximum Gasteiger partial charge on any atom is 0.230 e. The second-order valence-corrected chi connectivity index (χ2v) is 6.98. The van der Waals surface area contributed by atoms with E-state index in [4.69, 9.17) is 16.1 Å². The summed E-state index contributed by atoms with van der Waals surface area (Å²) >= 11 is 6.22. The van der Waals surface area contributed by atoms with Gasteiger partial charge in [-0.1, -0.05) is 16.8 Å². The maximum absolute atomic E-state index is 6.22. The van der Waals surface area contributed by atoms with Crippen LogP contribution in [0, 0.1) is 0 Å². The molecule has 128 valence electrons. The van der Waals surface area contributed by atoms with Crippen molar-refractivity contribution >= 4 is 11.6 Å². The Kier molecular flexibility index (Phi) is 2.74. The van der Waals surface area contributed by atoms with Crippen LogP contribution in [0.2, 0.25) is 5.02 Å². The smallest absolute Gasteiger partial charge is 0.230 e. The lowest BCUT2D eigenvalue weighted by Gasteiger charge is -2.08. The summed E-state index contributed by atoms with van der Waals surface area (Å²) in [5.74, 6) is 2.38. The number of benzene rings is 1. The molecule has 1 fully saturated rings. The Morgan fingerprint density at radius 1 is 1.19 bits per heavy atom. The van der Waals surface area contributed by atoms with Crippen LogP contribution in [0.1, 0.15) is 30.3 Å². The van der Waals surface area contributed by atoms with Gasteiger partial charge in [-0.2, -0.15) is 10.1 Å². The monoisotopic (exact) mass is 365 g/mol. The van der Waals surface area contributed by atoms with Gasteiger partial charge in [0.15, 0.2) is 5.82 Å². The van der Waals surface area contributed by atoms with Crippen molar-refractivity contribution in [2.45, 2.75) is 25.3 Å². The van der Waals surface area contributed by atoms with Gasteiger partial charge in [-0.25, -0.2) is 14.6 Å². The van der Waals surface area contributed by atoms with Gasteiger partial charge in [-0.15, -0.1) is 0 Å². The van der Waals surface area contributed by atoms with Crippen molar-refractivity contribution in [3.8, 4) is 28.6 Å². The van der Waals surface area contributed by atoms with Crippen LogP contribution in [0.25, 0.3) is 28.6 Å². The Hall–Kier alpha value is -3.00. The minimum Gasteiger partial charge on any atom is -0.339 e. The highest BCUT2D eigenvalue weighted by Gasteiger charge is 2.31. The van der Waals surface area contributed by atoms with Crippen molar-refractivity contribution in [2.75, 3.05) is 0 Å². The Balaban J connectivity index is 1.57. The van der Waals surface area contributed by atoms with Crippen molar-refractivity contribution < 1.29 is 4.52 Å². The Labute approximate surface area is 152 Å². The SMILES string of the molecule is Clc1ccc2c(c1)-c1ncnn1Cc1c(-c3noc(C4CC4)n3)ncn1-2. The van der Waals surface area contributed by atoms with Crippen molar-refractivity contribution in [2.24, 2.45) is 0 Å². The Bertz CT molecular complexity index is 1150. The Morgan fingerprint density at radius 3 is 3.00 bits per heavy atom. The zero-order valence-corrected chi connectivity index (χ0v) is 14.3. The number of rotatable bonds is 2. The molecule has 8 nitrogen and oxygen atoms in total. The van der Waals surface area contributed by atoms with Gasteiger partial charge >= 0.3 is 0 Å². The standard InChI is InChI=1S/C17H12ClN7O/c18-10-3-4-12-11(5-10)16-19-7-21-25(16)6-13-14(20-8-24(12)13)15-22-17(26-23-15)9-1-2-9/h3-5,7-9H,1-2,6H2. The van der Waals surface area contributed by atoms with Gasteiger partial charge in [0.25, 0.3) is 0 Å². The van der Waals surface area contributed by atoms with E-state index >= 15 is 0 Å². The molecule has 9 heteroatoms. The van der Waals surface area contributed by atoms with Crippen molar-refractivity contribution in [3.63, 3.8) is 0 Å². The van der Waals surface area contributed by atoms with Crippen molar-refractivity contribution in [1.29, 1.82) is 0 Å². The average molecular weight is 366 g/mol. The van der Waals surface area contributed by atoms with E-state index < -0.39 is 0 Å². The normalized spacial score (nSPS) is 15.3. The molecule has 3 aromatic heterocycles. The number of fused-ring (bicyclic) bond motifs is 5. The minimum atomic E-state index is 0.405. The van der Waals surface area contributed by atoms with Crippen molar-refractivity contribution in [1.82, 2.24) is 34.5 Å². The van der Waals surface area contributed by atoms with Crippen LogP contribution in [-0.4, -0.2) is 34.5 Å². The molecule has 0 atom stereocenters. The maximum atomic E-state index is 6.22. The summed E-state index contributed by atoms with van der Waals surface area (Å²) in [6.45, 7) is 0.504. The number of imidazole rings is 1. The number of hydrogen-bond donors (Lipinski definition) is 0. The molecule has 26 heavy (non-hydrogen) atoms. The highest BCUT2D eigenvalue weighted by Crippen LogP contribution is 2.40. The molecule has 1 aliphatic heterocycles. The minimum absolute atomic E-state index is 0.405. The molecule has 0 unspecified atom stereocenters. The second kappa shape index (κ2) is 5.01. The lowest BCUT2D eigenvalue weighted by molar-refractivity contribution is 0.380. The first-order valence-corrected chi connectivity index (χ1v) is 8.74. The molecule has 4 heterocycles. The van der Waals surface area contributed by atoms with E-state index in [1.54, 1.807) is 12.7 Å². The van der Waals surface area contributed by atoms with Gasteiger partial charge in [0.2, 0.25) is 11.7 Å². The van der Waals surface area contributed by atoms with E-state index in [2.05, 4.69) is 25.2 Å². The van der Waals surface area contributed by atoms with Crippen LogP contribution in [0.4, 0.5) is 0 Å². The first-order chi connectivity index (χ1) is 12.8. The zero-order chi connectivity index (χ0) is 17.3. The molecule has 4 aromatic rings. The van der Waals surface area contributed by atoms with E-state index in [-0.39, 0.29) is 0 Å². The number of halogens is 1. The number of hydrogen-bond acceptors (Lipinski definition) is 6. The molecule has 6 rings (SSSR count). The second-order valence-electron chi connectivity index (χ2n) is 6.54. The largest absolute Gasteiger partial charge is 0.339 e. The highest BCUT2D eigenvalue weighted by molar-refractivity contribution is 6.31. The summed E-state index contributed by atoms with van der Waals surface area (Å²) in [5.41, 5.74) is 3.48. The van der Waals surface area contributed by atoms with Crippen LogP contribution < -0.4 is 0 Å². The first kappa shape index (κ1) is 14.2. The molecular weight excluding hydrogens is 354 g/mol. The molecule has 0 radical (unpaired) electrons. The predicted octanol–water partition coefficient (Wildman–Crippen LogP) is 3.07. The quantitative estimate of drug-likeness (QED) is 0.477. The van der Waals surface area contributed by atoms with Gasteiger partial charge in [0, 0.05) is 16.5 Å². The predicted molar refractivity (Wildman–Crippen MR) is 92.0 cm³/mol. The molecule has 2 aliphatic rings. The highest BCUT2D eigenvalue weighted by atomic mass is 35.5. The molecule has 0 bridgehead atoms. The van der Waals surface area contributed by atoms with E-state index in [0.717, 1.165) is 35.6 Å². The zero-order valence-electron chi connectivity index (χ0n) is 13.5. The molecule has 1 aromatic carbocycles.